The predicted octanol–water partition coefficient (Wildman–Crippen LogP) is 3.01. The van der Waals surface area contributed by atoms with Crippen LogP contribution in [0.5, 0.6) is 0 Å². The second-order valence-corrected chi connectivity index (χ2v) is 3.83. The molecule has 1 aliphatic rings. The SMILES string of the molecule is C=CC1Cc2ccccc2N1CCC. The zero-order valence-corrected chi connectivity index (χ0v) is 8.74. The maximum atomic E-state index is 3.92. The first kappa shape index (κ1) is 9.32. The van der Waals surface area contributed by atoms with Gasteiger partial charge in [0.2, 0.25) is 0 Å². The summed E-state index contributed by atoms with van der Waals surface area (Å²) in [6.45, 7) is 7.27. The van der Waals surface area contributed by atoms with Crippen molar-refractivity contribution in [1.29, 1.82) is 0 Å². The van der Waals surface area contributed by atoms with Gasteiger partial charge in [-0.25, -0.2) is 0 Å². The standard InChI is InChI=1S/C13H17N/c1-3-9-14-12(4-2)10-11-7-5-6-8-13(11)14/h4-8,12H,2-3,9-10H2,1H3. The molecule has 0 saturated heterocycles. The largest absolute Gasteiger partial charge is 0.365 e. The molecule has 0 aromatic heterocycles. The molecule has 74 valence electrons. The summed E-state index contributed by atoms with van der Waals surface area (Å²) in [6, 6.07) is 9.18. The minimum atomic E-state index is 0.507. The third-order valence-corrected chi connectivity index (χ3v) is 2.87. The van der Waals surface area contributed by atoms with Crippen LogP contribution in [-0.4, -0.2) is 12.6 Å². The van der Waals surface area contributed by atoms with Gasteiger partial charge in [0.25, 0.3) is 0 Å². The summed E-state index contributed by atoms with van der Waals surface area (Å²) in [7, 11) is 0. The molecule has 0 saturated carbocycles. The molecule has 1 atom stereocenters. The van der Waals surface area contributed by atoms with Crippen LogP contribution < -0.4 is 4.90 Å². The van der Waals surface area contributed by atoms with Crippen molar-refractivity contribution < 1.29 is 0 Å². The van der Waals surface area contributed by atoms with Crippen molar-refractivity contribution in [2.75, 3.05) is 11.4 Å². The Labute approximate surface area is 86.1 Å². The molecule has 1 aromatic rings. The van der Waals surface area contributed by atoms with Gasteiger partial charge in [-0.2, -0.15) is 0 Å². The molecule has 1 nitrogen and oxygen atoms in total. The number of benzene rings is 1. The summed E-state index contributed by atoms with van der Waals surface area (Å²) in [5.41, 5.74) is 2.87. The van der Waals surface area contributed by atoms with Crippen molar-refractivity contribution in [2.45, 2.75) is 25.8 Å². The summed E-state index contributed by atoms with van der Waals surface area (Å²) in [5.74, 6) is 0. The molecule has 0 N–H and O–H groups in total. The smallest absolute Gasteiger partial charge is 0.0511 e. The molecule has 1 heterocycles. The Morgan fingerprint density at radius 3 is 3.00 bits per heavy atom. The molecule has 14 heavy (non-hydrogen) atoms. The molecule has 0 bridgehead atoms. The number of hydrogen-bond donors (Lipinski definition) is 0. The van der Waals surface area contributed by atoms with Crippen molar-refractivity contribution in [3.63, 3.8) is 0 Å². The van der Waals surface area contributed by atoms with E-state index in [4.69, 9.17) is 0 Å². The van der Waals surface area contributed by atoms with E-state index in [0.29, 0.717) is 6.04 Å². The van der Waals surface area contributed by atoms with Crippen molar-refractivity contribution >= 4 is 5.69 Å². The van der Waals surface area contributed by atoms with Crippen LogP contribution in [0.25, 0.3) is 0 Å². The number of rotatable bonds is 3. The quantitative estimate of drug-likeness (QED) is 0.657. The summed E-state index contributed by atoms with van der Waals surface area (Å²) < 4.78 is 0. The fourth-order valence-corrected chi connectivity index (χ4v) is 2.22. The van der Waals surface area contributed by atoms with E-state index >= 15 is 0 Å². The Hall–Kier alpha value is -1.24. The molecular formula is C13H17N. The van der Waals surface area contributed by atoms with E-state index < -0.39 is 0 Å². The number of hydrogen-bond acceptors (Lipinski definition) is 1. The van der Waals surface area contributed by atoms with Gasteiger partial charge in [0.15, 0.2) is 0 Å². The van der Waals surface area contributed by atoms with Crippen LogP contribution in [-0.2, 0) is 6.42 Å². The lowest BCUT2D eigenvalue weighted by Gasteiger charge is -2.24. The lowest BCUT2D eigenvalue weighted by molar-refractivity contribution is 0.711. The zero-order valence-electron chi connectivity index (χ0n) is 8.74. The first-order chi connectivity index (χ1) is 6.86. The third kappa shape index (κ3) is 1.43. The number of nitrogens with zero attached hydrogens (tertiary/aromatic N) is 1. The molecule has 0 radical (unpaired) electrons. The fourth-order valence-electron chi connectivity index (χ4n) is 2.22. The van der Waals surface area contributed by atoms with Crippen LogP contribution in [0.4, 0.5) is 5.69 Å². The van der Waals surface area contributed by atoms with Gasteiger partial charge in [-0.3, -0.25) is 0 Å². The highest BCUT2D eigenvalue weighted by Gasteiger charge is 2.25. The molecular weight excluding hydrogens is 170 g/mol. The van der Waals surface area contributed by atoms with Crippen LogP contribution in [0.1, 0.15) is 18.9 Å². The highest BCUT2D eigenvalue weighted by atomic mass is 15.2. The van der Waals surface area contributed by atoms with E-state index in [9.17, 15) is 0 Å². The van der Waals surface area contributed by atoms with E-state index in [1.807, 2.05) is 0 Å². The maximum absolute atomic E-state index is 3.92. The monoisotopic (exact) mass is 187 g/mol. The minimum absolute atomic E-state index is 0.507. The average molecular weight is 187 g/mol. The summed E-state index contributed by atoms with van der Waals surface area (Å²) in [5, 5.41) is 0. The number of para-hydroxylation sites is 1. The Morgan fingerprint density at radius 2 is 2.29 bits per heavy atom. The molecule has 1 heteroatoms. The first-order valence-electron chi connectivity index (χ1n) is 5.34. The van der Waals surface area contributed by atoms with Gasteiger partial charge in [0.1, 0.15) is 0 Å². The van der Waals surface area contributed by atoms with Crippen LogP contribution in [0.3, 0.4) is 0 Å². The molecule has 1 aliphatic heterocycles. The molecule has 1 aromatic carbocycles. The molecule has 0 fully saturated rings. The van der Waals surface area contributed by atoms with Crippen molar-refractivity contribution in [1.82, 2.24) is 0 Å². The van der Waals surface area contributed by atoms with Gasteiger partial charge in [-0.1, -0.05) is 31.2 Å². The third-order valence-electron chi connectivity index (χ3n) is 2.87. The Bertz CT molecular complexity index is 330. The normalized spacial score (nSPS) is 19.5. The Balaban J connectivity index is 2.31. The van der Waals surface area contributed by atoms with E-state index in [0.717, 1.165) is 13.0 Å². The Kier molecular flexibility index (Phi) is 2.58. The maximum Gasteiger partial charge on any atom is 0.0511 e. The summed E-state index contributed by atoms with van der Waals surface area (Å²) in [6.07, 6.45) is 4.38. The lowest BCUT2D eigenvalue weighted by atomic mass is 10.1. The van der Waals surface area contributed by atoms with Gasteiger partial charge in [-0.05, 0) is 24.5 Å². The summed E-state index contributed by atoms with van der Waals surface area (Å²) >= 11 is 0. The van der Waals surface area contributed by atoms with Gasteiger partial charge in [0.05, 0.1) is 6.04 Å². The van der Waals surface area contributed by atoms with E-state index in [2.05, 4.69) is 48.7 Å². The van der Waals surface area contributed by atoms with Crippen LogP contribution in [0.15, 0.2) is 36.9 Å². The zero-order chi connectivity index (χ0) is 9.97. The van der Waals surface area contributed by atoms with E-state index in [1.165, 1.54) is 17.7 Å². The second-order valence-electron chi connectivity index (χ2n) is 3.83. The van der Waals surface area contributed by atoms with Crippen molar-refractivity contribution in [3.05, 3.63) is 42.5 Å². The predicted molar refractivity (Wildman–Crippen MR) is 61.8 cm³/mol. The lowest BCUT2D eigenvalue weighted by Crippen LogP contribution is -2.30. The fraction of sp³-hybridized carbons (Fsp3) is 0.385. The molecule has 0 aliphatic carbocycles. The first-order valence-corrected chi connectivity index (χ1v) is 5.34. The molecule has 0 amide bonds. The van der Waals surface area contributed by atoms with Gasteiger partial charge in [0, 0.05) is 12.2 Å². The van der Waals surface area contributed by atoms with Crippen LogP contribution >= 0.6 is 0 Å². The molecule has 1 unspecified atom stereocenters. The minimum Gasteiger partial charge on any atom is -0.365 e. The highest BCUT2D eigenvalue weighted by Crippen LogP contribution is 2.32. The highest BCUT2D eigenvalue weighted by molar-refractivity contribution is 5.60. The van der Waals surface area contributed by atoms with Crippen LogP contribution in [0, 0.1) is 0 Å². The van der Waals surface area contributed by atoms with Gasteiger partial charge >= 0.3 is 0 Å². The van der Waals surface area contributed by atoms with Gasteiger partial charge < -0.3 is 4.90 Å². The van der Waals surface area contributed by atoms with Crippen molar-refractivity contribution in [3.8, 4) is 0 Å². The average Bonchev–Trinajstić information content (AvgIpc) is 2.58. The second kappa shape index (κ2) is 3.87. The molecule has 2 rings (SSSR count). The summed E-state index contributed by atoms with van der Waals surface area (Å²) in [4.78, 5) is 2.46. The van der Waals surface area contributed by atoms with Crippen LogP contribution in [0.2, 0.25) is 0 Å². The number of fused-ring (bicyclic) bond motifs is 1. The van der Waals surface area contributed by atoms with E-state index in [1.54, 1.807) is 0 Å². The molecule has 0 spiro atoms. The number of anilines is 1. The van der Waals surface area contributed by atoms with Crippen molar-refractivity contribution in [2.24, 2.45) is 0 Å². The van der Waals surface area contributed by atoms with E-state index in [-0.39, 0.29) is 0 Å². The Morgan fingerprint density at radius 1 is 1.50 bits per heavy atom. The van der Waals surface area contributed by atoms with Gasteiger partial charge in [-0.15, -0.1) is 6.58 Å². The topological polar surface area (TPSA) is 3.24 Å².